The van der Waals surface area contributed by atoms with E-state index in [4.69, 9.17) is 0 Å². The first-order chi connectivity index (χ1) is 7.61. The van der Waals surface area contributed by atoms with Crippen LogP contribution in [0.3, 0.4) is 0 Å². The van der Waals surface area contributed by atoms with Gasteiger partial charge in [0.15, 0.2) is 0 Å². The van der Waals surface area contributed by atoms with Crippen molar-refractivity contribution >= 4 is 0 Å². The zero-order valence-electron chi connectivity index (χ0n) is 9.89. The second kappa shape index (κ2) is 6.59. The Morgan fingerprint density at radius 1 is 1.19 bits per heavy atom. The summed E-state index contributed by atoms with van der Waals surface area (Å²) in [6.07, 6.45) is 2.17. The zero-order valence-corrected chi connectivity index (χ0v) is 9.89. The lowest BCUT2D eigenvalue weighted by molar-refractivity contribution is 0.506. The minimum absolute atomic E-state index is 0.132. The second-order valence-corrected chi connectivity index (χ2v) is 4.41. The fraction of sp³-hybridized carbons (Fsp3) is 0.538. The normalized spacial score (nSPS) is 11.1. The van der Waals surface area contributed by atoms with Crippen molar-refractivity contribution in [1.82, 2.24) is 5.32 Å². The predicted molar refractivity (Wildman–Crippen MR) is 62.1 cm³/mol. The van der Waals surface area contributed by atoms with E-state index in [9.17, 15) is 8.78 Å². The standard InChI is InChI=1S/C13H19F2N/c1-10(2)5-4-8-16-9-11-12(14)6-3-7-13(11)15/h3,6-7,10,16H,4-5,8-9H2,1-2H3. The molecule has 0 atom stereocenters. The van der Waals surface area contributed by atoms with Gasteiger partial charge in [0, 0.05) is 12.1 Å². The van der Waals surface area contributed by atoms with Gasteiger partial charge in [0.1, 0.15) is 11.6 Å². The van der Waals surface area contributed by atoms with Gasteiger partial charge < -0.3 is 5.32 Å². The molecule has 0 spiro atoms. The molecule has 1 aromatic carbocycles. The Bertz CT molecular complexity index is 303. The molecule has 0 fully saturated rings. The van der Waals surface area contributed by atoms with Crippen molar-refractivity contribution in [2.75, 3.05) is 6.54 Å². The van der Waals surface area contributed by atoms with Crippen molar-refractivity contribution in [3.63, 3.8) is 0 Å². The summed E-state index contributed by atoms with van der Waals surface area (Å²) in [5.41, 5.74) is 0.132. The first-order valence-electron chi connectivity index (χ1n) is 5.75. The van der Waals surface area contributed by atoms with Crippen molar-refractivity contribution in [1.29, 1.82) is 0 Å². The van der Waals surface area contributed by atoms with Crippen LogP contribution in [0.15, 0.2) is 18.2 Å². The molecule has 0 bridgehead atoms. The molecule has 1 N–H and O–H groups in total. The number of nitrogens with one attached hydrogen (secondary N) is 1. The molecule has 0 aliphatic heterocycles. The quantitative estimate of drug-likeness (QED) is 0.733. The Hall–Kier alpha value is -0.960. The van der Waals surface area contributed by atoms with Crippen LogP contribution in [0.25, 0.3) is 0 Å². The maximum atomic E-state index is 13.2. The van der Waals surface area contributed by atoms with Crippen molar-refractivity contribution < 1.29 is 8.78 Å². The molecule has 1 aromatic rings. The zero-order chi connectivity index (χ0) is 12.0. The van der Waals surface area contributed by atoms with Crippen LogP contribution >= 0.6 is 0 Å². The molecule has 16 heavy (non-hydrogen) atoms. The number of hydrogen-bond acceptors (Lipinski definition) is 1. The largest absolute Gasteiger partial charge is 0.312 e. The van der Waals surface area contributed by atoms with Crippen LogP contribution in [-0.4, -0.2) is 6.54 Å². The van der Waals surface area contributed by atoms with Crippen molar-refractivity contribution in [2.24, 2.45) is 5.92 Å². The van der Waals surface area contributed by atoms with E-state index >= 15 is 0 Å². The second-order valence-electron chi connectivity index (χ2n) is 4.41. The molecule has 0 aromatic heterocycles. The summed E-state index contributed by atoms with van der Waals surface area (Å²) < 4.78 is 26.4. The third-order valence-electron chi connectivity index (χ3n) is 2.50. The van der Waals surface area contributed by atoms with Crippen LogP contribution in [0.5, 0.6) is 0 Å². The first-order valence-corrected chi connectivity index (χ1v) is 5.75. The molecule has 0 saturated carbocycles. The van der Waals surface area contributed by atoms with E-state index in [0.717, 1.165) is 19.4 Å². The average Bonchev–Trinajstić information content (AvgIpc) is 2.21. The predicted octanol–water partition coefficient (Wildman–Crippen LogP) is 3.49. The molecule has 0 heterocycles. The third kappa shape index (κ3) is 4.27. The highest BCUT2D eigenvalue weighted by Crippen LogP contribution is 2.11. The lowest BCUT2D eigenvalue weighted by atomic mass is 10.1. The Balaban J connectivity index is 2.32. The number of hydrogen-bond donors (Lipinski definition) is 1. The monoisotopic (exact) mass is 227 g/mol. The summed E-state index contributed by atoms with van der Waals surface area (Å²) in [6, 6.07) is 3.95. The molecular formula is C13H19F2N. The van der Waals surface area contributed by atoms with Gasteiger partial charge in [-0.15, -0.1) is 0 Å². The molecule has 1 rings (SSSR count). The van der Waals surface area contributed by atoms with Gasteiger partial charge in [0.25, 0.3) is 0 Å². The molecule has 0 aliphatic rings. The van der Waals surface area contributed by atoms with E-state index in [2.05, 4.69) is 19.2 Å². The summed E-state index contributed by atoms with van der Waals surface area (Å²) in [5, 5.41) is 3.06. The van der Waals surface area contributed by atoms with Crippen LogP contribution < -0.4 is 5.32 Å². The number of benzene rings is 1. The van der Waals surface area contributed by atoms with Gasteiger partial charge in [0.05, 0.1) is 0 Å². The Labute approximate surface area is 95.9 Å². The molecule has 1 nitrogen and oxygen atoms in total. The average molecular weight is 227 g/mol. The molecular weight excluding hydrogens is 208 g/mol. The lowest BCUT2D eigenvalue weighted by Crippen LogP contribution is -2.17. The van der Waals surface area contributed by atoms with Crippen LogP contribution in [0.1, 0.15) is 32.3 Å². The van der Waals surface area contributed by atoms with Gasteiger partial charge in [-0.2, -0.15) is 0 Å². The van der Waals surface area contributed by atoms with Crippen LogP contribution in [-0.2, 0) is 6.54 Å². The fourth-order valence-corrected chi connectivity index (χ4v) is 1.55. The van der Waals surface area contributed by atoms with Gasteiger partial charge in [-0.25, -0.2) is 8.78 Å². The highest BCUT2D eigenvalue weighted by Gasteiger charge is 2.06. The molecule has 0 saturated heterocycles. The van der Waals surface area contributed by atoms with Crippen LogP contribution in [0.2, 0.25) is 0 Å². The van der Waals surface area contributed by atoms with Crippen LogP contribution in [0, 0.1) is 17.6 Å². The highest BCUT2D eigenvalue weighted by atomic mass is 19.1. The third-order valence-corrected chi connectivity index (χ3v) is 2.50. The van der Waals surface area contributed by atoms with E-state index in [1.54, 1.807) is 0 Å². The maximum Gasteiger partial charge on any atom is 0.130 e. The van der Waals surface area contributed by atoms with Gasteiger partial charge >= 0.3 is 0 Å². The molecule has 0 radical (unpaired) electrons. The maximum absolute atomic E-state index is 13.2. The summed E-state index contributed by atoms with van der Waals surface area (Å²) in [5.74, 6) is -0.278. The van der Waals surface area contributed by atoms with Crippen molar-refractivity contribution in [3.8, 4) is 0 Å². The Kier molecular flexibility index (Phi) is 5.39. The Morgan fingerprint density at radius 2 is 1.81 bits per heavy atom. The fourth-order valence-electron chi connectivity index (χ4n) is 1.55. The first kappa shape index (κ1) is 13.1. The molecule has 0 aliphatic carbocycles. The minimum atomic E-state index is -0.476. The highest BCUT2D eigenvalue weighted by molar-refractivity contribution is 5.19. The molecule has 0 amide bonds. The van der Waals surface area contributed by atoms with E-state index in [1.807, 2.05) is 0 Å². The van der Waals surface area contributed by atoms with E-state index in [-0.39, 0.29) is 12.1 Å². The SMILES string of the molecule is CC(C)CCCNCc1c(F)cccc1F. The van der Waals surface area contributed by atoms with Crippen LogP contribution in [0.4, 0.5) is 8.78 Å². The van der Waals surface area contributed by atoms with Gasteiger partial charge in [0.2, 0.25) is 0 Å². The van der Waals surface area contributed by atoms with E-state index in [0.29, 0.717) is 5.92 Å². The molecule has 0 unspecified atom stereocenters. The summed E-state index contributed by atoms with van der Waals surface area (Å²) in [7, 11) is 0. The van der Waals surface area contributed by atoms with Gasteiger partial charge in [-0.05, 0) is 37.4 Å². The summed E-state index contributed by atoms with van der Waals surface area (Å²) >= 11 is 0. The van der Waals surface area contributed by atoms with E-state index < -0.39 is 11.6 Å². The van der Waals surface area contributed by atoms with Crippen molar-refractivity contribution in [3.05, 3.63) is 35.4 Å². The molecule has 3 heteroatoms. The van der Waals surface area contributed by atoms with Crippen molar-refractivity contribution in [2.45, 2.75) is 33.2 Å². The lowest BCUT2D eigenvalue weighted by Gasteiger charge is -2.08. The van der Waals surface area contributed by atoms with Gasteiger partial charge in [-0.1, -0.05) is 19.9 Å². The number of rotatable bonds is 6. The smallest absolute Gasteiger partial charge is 0.130 e. The molecule has 90 valence electrons. The summed E-state index contributed by atoms with van der Waals surface area (Å²) in [6.45, 7) is 5.38. The Morgan fingerprint density at radius 3 is 2.38 bits per heavy atom. The summed E-state index contributed by atoms with van der Waals surface area (Å²) in [4.78, 5) is 0. The topological polar surface area (TPSA) is 12.0 Å². The minimum Gasteiger partial charge on any atom is -0.312 e. The number of halogens is 2. The van der Waals surface area contributed by atoms with Gasteiger partial charge in [-0.3, -0.25) is 0 Å². The van der Waals surface area contributed by atoms with E-state index in [1.165, 1.54) is 18.2 Å².